The first kappa shape index (κ1) is 11.8. The molecular weight excluding hydrogens is 241 g/mol. The number of phenols is 1. The predicted octanol–water partition coefficient (Wildman–Crippen LogP) is 3.23. The molecule has 0 spiro atoms. The number of aromatic hydroxyl groups is 1. The molecule has 0 radical (unpaired) electrons. The standard InChI is InChI=1S/C12H8FNO4/c13-8-5-6-9(14(16)17)12(7-8)18-11-4-2-1-3-10(11)15/h1-7,15H. The number of ether oxygens (including phenoxy) is 1. The fourth-order valence-corrected chi connectivity index (χ4v) is 1.38. The molecular formula is C12H8FNO4. The average molecular weight is 249 g/mol. The summed E-state index contributed by atoms with van der Waals surface area (Å²) >= 11 is 0. The smallest absolute Gasteiger partial charge is 0.311 e. The van der Waals surface area contributed by atoms with Gasteiger partial charge in [0.05, 0.1) is 4.92 Å². The van der Waals surface area contributed by atoms with Crippen molar-refractivity contribution >= 4 is 5.69 Å². The van der Waals surface area contributed by atoms with Crippen molar-refractivity contribution in [1.82, 2.24) is 0 Å². The third-order valence-electron chi connectivity index (χ3n) is 2.20. The van der Waals surface area contributed by atoms with Crippen molar-refractivity contribution in [3.63, 3.8) is 0 Å². The summed E-state index contributed by atoms with van der Waals surface area (Å²) < 4.78 is 18.2. The third-order valence-corrected chi connectivity index (χ3v) is 2.20. The number of hydrogen-bond acceptors (Lipinski definition) is 4. The summed E-state index contributed by atoms with van der Waals surface area (Å²) in [5.74, 6) is -1.09. The largest absolute Gasteiger partial charge is 0.504 e. The molecule has 2 rings (SSSR count). The van der Waals surface area contributed by atoms with Crippen LogP contribution in [0.5, 0.6) is 17.2 Å². The molecule has 2 aromatic rings. The third kappa shape index (κ3) is 2.37. The van der Waals surface area contributed by atoms with Crippen LogP contribution in [0.4, 0.5) is 10.1 Å². The number of phenolic OH excluding ortho intramolecular Hbond substituents is 1. The van der Waals surface area contributed by atoms with Crippen LogP contribution in [-0.2, 0) is 0 Å². The van der Waals surface area contributed by atoms with E-state index in [9.17, 15) is 19.6 Å². The lowest BCUT2D eigenvalue weighted by molar-refractivity contribution is -0.385. The second-order valence-corrected chi connectivity index (χ2v) is 3.44. The van der Waals surface area contributed by atoms with Crippen molar-refractivity contribution in [2.24, 2.45) is 0 Å². The van der Waals surface area contributed by atoms with Crippen LogP contribution < -0.4 is 4.74 Å². The molecule has 0 heterocycles. The lowest BCUT2D eigenvalue weighted by Gasteiger charge is -2.07. The van der Waals surface area contributed by atoms with Crippen molar-refractivity contribution < 1.29 is 19.2 Å². The Balaban J connectivity index is 2.42. The number of nitro groups is 1. The van der Waals surface area contributed by atoms with Crippen LogP contribution in [0.25, 0.3) is 0 Å². The Hall–Kier alpha value is -2.63. The van der Waals surface area contributed by atoms with Gasteiger partial charge in [-0.1, -0.05) is 12.1 Å². The molecule has 18 heavy (non-hydrogen) atoms. The van der Waals surface area contributed by atoms with Gasteiger partial charge in [-0.05, 0) is 18.2 Å². The molecule has 0 aliphatic carbocycles. The number of halogens is 1. The molecule has 5 nitrogen and oxygen atoms in total. The van der Waals surface area contributed by atoms with Crippen LogP contribution >= 0.6 is 0 Å². The van der Waals surface area contributed by atoms with E-state index in [1.54, 1.807) is 12.1 Å². The van der Waals surface area contributed by atoms with Crippen LogP contribution in [0.3, 0.4) is 0 Å². The summed E-state index contributed by atoms with van der Waals surface area (Å²) in [6, 6.07) is 8.80. The van der Waals surface area contributed by atoms with Crippen molar-refractivity contribution in [3.05, 3.63) is 58.4 Å². The van der Waals surface area contributed by atoms with Gasteiger partial charge in [-0.3, -0.25) is 10.1 Å². The summed E-state index contributed by atoms with van der Waals surface area (Å²) in [7, 11) is 0. The number of hydrogen-bond donors (Lipinski definition) is 1. The van der Waals surface area contributed by atoms with E-state index in [0.717, 1.165) is 18.2 Å². The van der Waals surface area contributed by atoms with Gasteiger partial charge in [0.1, 0.15) is 5.82 Å². The van der Waals surface area contributed by atoms with E-state index in [0.29, 0.717) is 0 Å². The Morgan fingerprint density at radius 3 is 2.56 bits per heavy atom. The minimum Gasteiger partial charge on any atom is -0.504 e. The minimum atomic E-state index is -0.686. The van der Waals surface area contributed by atoms with Crippen LogP contribution in [0.2, 0.25) is 0 Å². The summed E-state index contributed by atoms with van der Waals surface area (Å²) in [4.78, 5) is 10.1. The summed E-state index contributed by atoms with van der Waals surface area (Å²) in [5.41, 5.74) is -0.375. The van der Waals surface area contributed by atoms with E-state index < -0.39 is 10.7 Å². The second kappa shape index (κ2) is 4.70. The summed E-state index contributed by atoms with van der Waals surface area (Å²) in [6.45, 7) is 0. The highest BCUT2D eigenvalue weighted by molar-refractivity contribution is 5.50. The Bertz CT molecular complexity index is 600. The molecule has 0 bridgehead atoms. The molecule has 0 unspecified atom stereocenters. The van der Waals surface area contributed by atoms with Crippen molar-refractivity contribution in [2.45, 2.75) is 0 Å². The summed E-state index contributed by atoms with van der Waals surface area (Å²) in [6.07, 6.45) is 0. The lowest BCUT2D eigenvalue weighted by Crippen LogP contribution is -1.94. The molecule has 0 aliphatic heterocycles. The van der Waals surface area contributed by atoms with Gasteiger partial charge >= 0.3 is 5.69 Å². The van der Waals surface area contributed by atoms with Gasteiger partial charge < -0.3 is 9.84 Å². The van der Waals surface area contributed by atoms with E-state index in [1.807, 2.05) is 0 Å². The summed E-state index contributed by atoms with van der Waals surface area (Å²) in [5, 5.41) is 20.2. The molecule has 1 N–H and O–H groups in total. The Labute approximate surface area is 101 Å². The van der Waals surface area contributed by atoms with Gasteiger partial charge in [0, 0.05) is 12.1 Å². The Morgan fingerprint density at radius 1 is 1.17 bits per heavy atom. The minimum absolute atomic E-state index is 0.0196. The zero-order chi connectivity index (χ0) is 13.1. The molecule has 0 aliphatic rings. The molecule has 0 fully saturated rings. The maximum atomic E-state index is 13.0. The first-order chi connectivity index (χ1) is 8.58. The number of nitrogens with zero attached hydrogens (tertiary/aromatic N) is 1. The first-order valence-corrected chi connectivity index (χ1v) is 4.97. The molecule has 92 valence electrons. The molecule has 0 aromatic heterocycles. The highest BCUT2D eigenvalue weighted by Gasteiger charge is 2.17. The quantitative estimate of drug-likeness (QED) is 0.669. The SMILES string of the molecule is O=[N+]([O-])c1ccc(F)cc1Oc1ccccc1O. The van der Waals surface area contributed by atoms with Crippen molar-refractivity contribution in [3.8, 4) is 17.2 Å². The van der Waals surface area contributed by atoms with Gasteiger partial charge in [0.25, 0.3) is 0 Å². The van der Waals surface area contributed by atoms with Crippen LogP contribution in [0.1, 0.15) is 0 Å². The predicted molar refractivity (Wildman–Crippen MR) is 61.2 cm³/mol. The normalized spacial score (nSPS) is 10.1. The molecule has 6 heteroatoms. The van der Waals surface area contributed by atoms with Crippen LogP contribution in [-0.4, -0.2) is 10.0 Å². The highest BCUT2D eigenvalue weighted by atomic mass is 19.1. The monoisotopic (exact) mass is 249 g/mol. The number of rotatable bonds is 3. The first-order valence-electron chi connectivity index (χ1n) is 4.97. The number of para-hydroxylation sites is 2. The zero-order valence-electron chi connectivity index (χ0n) is 9.04. The van der Waals surface area contributed by atoms with E-state index in [4.69, 9.17) is 4.74 Å². The fourth-order valence-electron chi connectivity index (χ4n) is 1.38. The number of nitro benzene ring substituents is 1. The van der Waals surface area contributed by atoms with Crippen LogP contribution in [0, 0.1) is 15.9 Å². The van der Waals surface area contributed by atoms with E-state index >= 15 is 0 Å². The number of benzene rings is 2. The van der Waals surface area contributed by atoms with Gasteiger partial charge in [0.15, 0.2) is 11.5 Å². The van der Waals surface area contributed by atoms with Gasteiger partial charge in [-0.25, -0.2) is 4.39 Å². The van der Waals surface area contributed by atoms with E-state index in [-0.39, 0.29) is 22.9 Å². The zero-order valence-corrected chi connectivity index (χ0v) is 9.04. The molecule has 0 atom stereocenters. The van der Waals surface area contributed by atoms with Crippen molar-refractivity contribution in [1.29, 1.82) is 0 Å². The Kier molecular flexibility index (Phi) is 3.09. The van der Waals surface area contributed by atoms with E-state index in [2.05, 4.69) is 0 Å². The second-order valence-electron chi connectivity index (χ2n) is 3.44. The molecule has 0 saturated carbocycles. The maximum absolute atomic E-state index is 13.0. The maximum Gasteiger partial charge on any atom is 0.311 e. The van der Waals surface area contributed by atoms with Crippen molar-refractivity contribution in [2.75, 3.05) is 0 Å². The fraction of sp³-hybridized carbons (Fsp3) is 0. The van der Waals surface area contributed by atoms with Gasteiger partial charge in [-0.15, -0.1) is 0 Å². The van der Waals surface area contributed by atoms with Gasteiger partial charge in [-0.2, -0.15) is 0 Å². The molecule has 0 saturated heterocycles. The van der Waals surface area contributed by atoms with Crippen LogP contribution in [0.15, 0.2) is 42.5 Å². The average Bonchev–Trinajstić information content (AvgIpc) is 2.32. The topological polar surface area (TPSA) is 72.6 Å². The van der Waals surface area contributed by atoms with Gasteiger partial charge in [0.2, 0.25) is 5.75 Å². The highest BCUT2D eigenvalue weighted by Crippen LogP contribution is 2.35. The Morgan fingerprint density at radius 2 is 1.89 bits per heavy atom. The molecule has 0 amide bonds. The lowest BCUT2D eigenvalue weighted by atomic mass is 10.2. The molecule has 2 aromatic carbocycles. The van der Waals surface area contributed by atoms with E-state index in [1.165, 1.54) is 12.1 Å².